The Balaban J connectivity index is 1.27. The third-order valence-electron chi connectivity index (χ3n) is 6.93. The van der Waals surface area contributed by atoms with E-state index >= 15 is 0 Å². The van der Waals surface area contributed by atoms with Gasteiger partial charge in [0.05, 0.1) is 5.41 Å². The molecular weight excluding hydrogens is 408 g/mol. The Morgan fingerprint density at radius 1 is 1.22 bits per heavy atom. The second-order valence-corrected chi connectivity index (χ2v) is 9.54. The quantitative estimate of drug-likeness (QED) is 0.578. The predicted molar refractivity (Wildman–Crippen MR) is 119 cm³/mol. The lowest BCUT2D eigenvalue weighted by atomic mass is 9.86. The molecule has 6 rings (SSSR count). The van der Waals surface area contributed by atoms with Crippen LogP contribution >= 0.6 is 0 Å². The molecule has 1 spiro atoms. The highest BCUT2D eigenvalue weighted by Crippen LogP contribution is 2.40. The molecule has 32 heavy (non-hydrogen) atoms. The monoisotopic (exact) mass is 432 g/mol. The summed E-state index contributed by atoms with van der Waals surface area (Å²) in [6, 6.07) is 5.79. The molecule has 3 N–H and O–H groups in total. The van der Waals surface area contributed by atoms with Gasteiger partial charge < -0.3 is 20.9 Å². The van der Waals surface area contributed by atoms with E-state index in [9.17, 15) is 9.59 Å². The highest BCUT2D eigenvalue weighted by Gasteiger charge is 2.44. The van der Waals surface area contributed by atoms with Gasteiger partial charge in [-0.15, -0.1) is 5.10 Å². The van der Waals surface area contributed by atoms with Gasteiger partial charge in [-0.1, -0.05) is 6.07 Å². The fraction of sp³-hybridized carbons (Fsp3) is 0.409. The van der Waals surface area contributed by atoms with E-state index in [1.807, 2.05) is 32.0 Å². The highest BCUT2D eigenvalue weighted by molar-refractivity contribution is 6.06. The van der Waals surface area contributed by atoms with Crippen LogP contribution in [0.15, 0.2) is 30.6 Å². The van der Waals surface area contributed by atoms with Crippen LogP contribution in [-0.2, 0) is 15.0 Å². The lowest BCUT2D eigenvalue weighted by molar-refractivity contribution is -0.120. The van der Waals surface area contributed by atoms with Crippen LogP contribution < -0.4 is 20.9 Å². The lowest BCUT2D eigenvalue weighted by Gasteiger charge is -2.22. The maximum Gasteiger partial charge on any atom is 0.247 e. The molecule has 5 heterocycles. The van der Waals surface area contributed by atoms with Crippen molar-refractivity contribution in [3.05, 3.63) is 36.2 Å². The number of fused-ring (bicyclic) bond motifs is 2. The van der Waals surface area contributed by atoms with E-state index in [1.165, 1.54) is 0 Å². The Hall–Kier alpha value is -3.69. The Morgan fingerprint density at radius 2 is 2.09 bits per heavy atom. The molecule has 0 aliphatic carbocycles. The molecule has 3 aromatic rings. The maximum absolute atomic E-state index is 12.2. The molecule has 3 aliphatic heterocycles. The first kappa shape index (κ1) is 19.0. The molecule has 2 fully saturated rings. The Kier molecular flexibility index (Phi) is 3.81. The Bertz CT molecular complexity index is 1280. The first-order valence-corrected chi connectivity index (χ1v) is 10.8. The molecule has 0 bridgehead atoms. The Morgan fingerprint density at radius 3 is 2.91 bits per heavy atom. The van der Waals surface area contributed by atoms with Gasteiger partial charge in [-0.05, 0) is 38.0 Å². The topological polar surface area (TPSA) is 117 Å². The number of amides is 2. The van der Waals surface area contributed by atoms with Crippen molar-refractivity contribution >= 4 is 40.6 Å². The van der Waals surface area contributed by atoms with Crippen LogP contribution in [0.2, 0.25) is 0 Å². The second-order valence-electron chi connectivity index (χ2n) is 9.54. The van der Waals surface area contributed by atoms with Gasteiger partial charge in [0.2, 0.25) is 17.8 Å². The van der Waals surface area contributed by atoms with Gasteiger partial charge in [-0.3, -0.25) is 9.59 Å². The van der Waals surface area contributed by atoms with Crippen molar-refractivity contribution in [3.63, 3.8) is 0 Å². The molecule has 10 nitrogen and oxygen atoms in total. The fourth-order valence-electron chi connectivity index (χ4n) is 5.04. The van der Waals surface area contributed by atoms with Crippen molar-refractivity contribution in [1.82, 2.24) is 24.9 Å². The summed E-state index contributed by atoms with van der Waals surface area (Å²) in [6.45, 7) is 6.15. The van der Waals surface area contributed by atoms with Crippen molar-refractivity contribution in [2.45, 2.75) is 32.1 Å². The van der Waals surface area contributed by atoms with E-state index in [4.69, 9.17) is 0 Å². The molecule has 2 saturated heterocycles. The summed E-state index contributed by atoms with van der Waals surface area (Å²) in [7, 11) is 0. The van der Waals surface area contributed by atoms with Crippen LogP contribution in [0.5, 0.6) is 0 Å². The maximum atomic E-state index is 12.2. The van der Waals surface area contributed by atoms with Gasteiger partial charge in [0, 0.05) is 55.2 Å². The molecular formula is C22H24N8O2. The van der Waals surface area contributed by atoms with E-state index in [0.29, 0.717) is 18.0 Å². The number of benzene rings is 1. The molecule has 10 heteroatoms. The average molecular weight is 432 g/mol. The number of nitrogens with one attached hydrogen (secondary N) is 3. The summed E-state index contributed by atoms with van der Waals surface area (Å²) in [5.74, 6) is 1.34. The Labute approximate surface area is 184 Å². The fourth-order valence-corrected chi connectivity index (χ4v) is 5.04. The van der Waals surface area contributed by atoms with Crippen molar-refractivity contribution in [1.29, 1.82) is 0 Å². The summed E-state index contributed by atoms with van der Waals surface area (Å²) >= 11 is 0. The number of anilines is 4. The standard InChI is InChI=1S/C22H24N8O2/c1-21(2)14-4-3-13(9-15(14)26-19(21)32)25-20-27-18-17(23-6-8-30(18)28-20)29-7-5-22(12-29)10-16(31)24-11-22/h3-4,6,8-9H,5,7,10-12H2,1-2H3,(H,24,31)(H,25,28)(H,26,32)/t22-/m1/s1. The zero-order valence-corrected chi connectivity index (χ0v) is 18.0. The van der Waals surface area contributed by atoms with E-state index < -0.39 is 5.41 Å². The minimum Gasteiger partial charge on any atom is -0.355 e. The molecule has 2 amide bonds. The smallest absolute Gasteiger partial charge is 0.247 e. The van der Waals surface area contributed by atoms with Crippen LogP contribution in [-0.4, -0.2) is 51.0 Å². The van der Waals surface area contributed by atoms with Gasteiger partial charge in [0.1, 0.15) is 0 Å². The second kappa shape index (κ2) is 6.41. The first-order chi connectivity index (χ1) is 15.3. The summed E-state index contributed by atoms with van der Waals surface area (Å²) < 4.78 is 1.71. The normalized spacial score (nSPS) is 23.6. The number of hydrogen-bond donors (Lipinski definition) is 3. The number of carbonyl (C=O) groups is 2. The minimum absolute atomic E-state index is 0.00577. The largest absolute Gasteiger partial charge is 0.355 e. The van der Waals surface area contributed by atoms with Gasteiger partial charge in [0.15, 0.2) is 11.5 Å². The number of hydrogen-bond acceptors (Lipinski definition) is 7. The molecule has 2 aromatic heterocycles. The predicted octanol–water partition coefficient (Wildman–Crippen LogP) is 1.81. The SMILES string of the molecule is CC1(C)C(=O)Nc2cc(Nc3nc4c(N5CC[C@@]6(CNC(=O)C6)C5)nccn4n3)ccc21. The van der Waals surface area contributed by atoms with Crippen molar-refractivity contribution in [2.24, 2.45) is 5.41 Å². The number of aromatic nitrogens is 4. The van der Waals surface area contributed by atoms with E-state index in [0.717, 1.165) is 48.8 Å². The van der Waals surface area contributed by atoms with Crippen LogP contribution in [0, 0.1) is 5.41 Å². The van der Waals surface area contributed by atoms with Gasteiger partial charge >= 0.3 is 0 Å². The van der Waals surface area contributed by atoms with Crippen molar-refractivity contribution in [3.8, 4) is 0 Å². The summed E-state index contributed by atoms with van der Waals surface area (Å²) in [4.78, 5) is 35.4. The highest BCUT2D eigenvalue weighted by atomic mass is 16.2. The zero-order valence-electron chi connectivity index (χ0n) is 18.0. The lowest BCUT2D eigenvalue weighted by Crippen LogP contribution is -2.29. The van der Waals surface area contributed by atoms with Crippen molar-refractivity contribution < 1.29 is 9.59 Å². The molecule has 0 saturated carbocycles. The van der Waals surface area contributed by atoms with Crippen LogP contribution in [0.1, 0.15) is 32.3 Å². The summed E-state index contributed by atoms with van der Waals surface area (Å²) in [6.07, 6.45) is 5.01. The van der Waals surface area contributed by atoms with Crippen LogP contribution in [0.25, 0.3) is 5.65 Å². The minimum atomic E-state index is -0.539. The van der Waals surface area contributed by atoms with E-state index in [1.54, 1.807) is 16.9 Å². The molecule has 164 valence electrons. The molecule has 0 radical (unpaired) electrons. The summed E-state index contributed by atoms with van der Waals surface area (Å²) in [5, 5.41) is 13.7. The molecule has 3 aliphatic rings. The third-order valence-corrected chi connectivity index (χ3v) is 6.93. The van der Waals surface area contributed by atoms with E-state index in [-0.39, 0.29) is 17.2 Å². The van der Waals surface area contributed by atoms with Crippen LogP contribution in [0.4, 0.5) is 23.1 Å². The van der Waals surface area contributed by atoms with Gasteiger partial charge in [-0.25, -0.2) is 9.50 Å². The van der Waals surface area contributed by atoms with Gasteiger partial charge in [0.25, 0.3) is 0 Å². The number of carbonyl (C=O) groups excluding carboxylic acids is 2. The van der Waals surface area contributed by atoms with Crippen LogP contribution in [0.3, 0.4) is 0 Å². The number of rotatable bonds is 3. The summed E-state index contributed by atoms with van der Waals surface area (Å²) in [5.41, 5.74) is 2.68. The average Bonchev–Trinajstić information content (AvgIpc) is 3.49. The molecule has 0 unspecified atom stereocenters. The van der Waals surface area contributed by atoms with E-state index in [2.05, 4.69) is 35.9 Å². The first-order valence-electron chi connectivity index (χ1n) is 10.8. The zero-order chi connectivity index (χ0) is 22.1. The molecule has 1 aromatic carbocycles. The third kappa shape index (κ3) is 2.82. The van der Waals surface area contributed by atoms with Crippen molar-refractivity contribution in [2.75, 3.05) is 35.2 Å². The number of nitrogens with zero attached hydrogens (tertiary/aromatic N) is 5. The molecule has 1 atom stereocenters. The van der Waals surface area contributed by atoms with Gasteiger partial charge in [-0.2, -0.15) is 4.98 Å².